The zero-order valence-corrected chi connectivity index (χ0v) is 13.3. The van der Waals surface area contributed by atoms with Gasteiger partial charge in [0, 0.05) is 31.7 Å². The summed E-state index contributed by atoms with van der Waals surface area (Å²) in [5, 5.41) is 12.2. The van der Waals surface area contributed by atoms with Crippen LogP contribution < -0.4 is 5.32 Å². The van der Waals surface area contributed by atoms with Crippen LogP contribution >= 0.6 is 0 Å². The zero-order chi connectivity index (χ0) is 14.4. The van der Waals surface area contributed by atoms with Crippen LogP contribution in [-0.2, 0) is 13.5 Å². The van der Waals surface area contributed by atoms with Crippen LogP contribution in [0.25, 0.3) is 0 Å². The van der Waals surface area contributed by atoms with E-state index in [2.05, 4.69) is 42.6 Å². The molecule has 1 heterocycles. The third-order valence-electron chi connectivity index (χ3n) is 5.26. The summed E-state index contributed by atoms with van der Waals surface area (Å²) in [6, 6.07) is 0. The Balaban J connectivity index is 1.77. The monoisotopic (exact) mass is 276 g/mol. The van der Waals surface area contributed by atoms with Crippen LogP contribution in [0.5, 0.6) is 0 Å². The second kappa shape index (κ2) is 4.83. The van der Waals surface area contributed by atoms with Crippen LogP contribution in [0.2, 0.25) is 0 Å². The minimum atomic E-state index is 0.192. The van der Waals surface area contributed by atoms with E-state index in [0.717, 1.165) is 30.5 Å². The molecule has 0 aromatic carbocycles. The lowest BCUT2D eigenvalue weighted by molar-refractivity contribution is 0.141. The van der Waals surface area contributed by atoms with Crippen molar-refractivity contribution in [1.29, 1.82) is 0 Å². The first-order valence-corrected chi connectivity index (χ1v) is 7.97. The minimum absolute atomic E-state index is 0.192. The normalized spacial score (nSPS) is 33.0. The first-order valence-electron chi connectivity index (χ1n) is 7.97. The molecule has 2 bridgehead atoms. The van der Waals surface area contributed by atoms with E-state index in [0.29, 0.717) is 5.41 Å². The largest absolute Gasteiger partial charge is 0.311 e. The van der Waals surface area contributed by atoms with Crippen molar-refractivity contribution in [2.24, 2.45) is 24.3 Å². The minimum Gasteiger partial charge on any atom is -0.311 e. The predicted molar refractivity (Wildman–Crippen MR) is 80.3 cm³/mol. The Labute approximate surface area is 122 Å². The molecule has 4 heteroatoms. The lowest BCUT2D eigenvalue weighted by Gasteiger charge is -2.40. The SMILES string of the molecule is Cn1cc(CC2(CNC(C)(C)C)CC3CCC2C3)nn1. The molecule has 1 N–H and O–H groups in total. The summed E-state index contributed by atoms with van der Waals surface area (Å²) in [5.41, 5.74) is 1.76. The van der Waals surface area contributed by atoms with E-state index in [4.69, 9.17) is 0 Å². The summed E-state index contributed by atoms with van der Waals surface area (Å²) < 4.78 is 1.83. The molecule has 3 unspecified atom stereocenters. The van der Waals surface area contributed by atoms with Crippen molar-refractivity contribution in [3.63, 3.8) is 0 Å². The zero-order valence-electron chi connectivity index (χ0n) is 13.3. The molecule has 2 aliphatic carbocycles. The van der Waals surface area contributed by atoms with Crippen LogP contribution in [0.15, 0.2) is 6.20 Å². The van der Waals surface area contributed by atoms with Gasteiger partial charge in [0.05, 0.1) is 5.69 Å². The van der Waals surface area contributed by atoms with Gasteiger partial charge in [0.25, 0.3) is 0 Å². The summed E-state index contributed by atoms with van der Waals surface area (Å²) in [6.07, 6.45) is 8.85. The fourth-order valence-corrected chi connectivity index (χ4v) is 4.33. The molecule has 0 spiro atoms. The van der Waals surface area contributed by atoms with E-state index in [1.165, 1.54) is 25.7 Å². The summed E-state index contributed by atoms with van der Waals surface area (Å²) in [6.45, 7) is 7.90. The number of nitrogens with one attached hydrogen (secondary N) is 1. The molecule has 2 saturated carbocycles. The highest BCUT2D eigenvalue weighted by Crippen LogP contribution is 2.57. The summed E-state index contributed by atoms with van der Waals surface area (Å²) in [7, 11) is 1.96. The number of nitrogens with zero attached hydrogens (tertiary/aromatic N) is 3. The van der Waals surface area contributed by atoms with Crippen molar-refractivity contribution in [2.75, 3.05) is 6.54 Å². The Bertz CT molecular complexity index is 473. The molecule has 2 aliphatic rings. The van der Waals surface area contributed by atoms with Gasteiger partial charge in [0.1, 0.15) is 0 Å². The maximum atomic E-state index is 4.34. The van der Waals surface area contributed by atoms with Gasteiger partial charge in [-0.05, 0) is 57.3 Å². The topological polar surface area (TPSA) is 42.7 Å². The number of fused-ring (bicyclic) bond motifs is 2. The number of hydrogen-bond donors (Lipinski definition) is 1. The van der Waals surface area contributed by atoms with Gasteiger partial charge in [0.2, 0.25) is 0 Å². The number of aromatic nitrogens is 3. The van der Waals surface area contributed by atoms with Gasteiger partial charge in [-0.3, -0.25) is 4.68 Å². The molecule has 20 heavy (non-hydrogen) atoms. The van der Waals surface area contributed by atoms with E-state index in [1.54, 1.807) is 0 Å². The van der Waals surface area contributed by atoms with Gasteiger partial charge in [0.15, 0.2) is 0 Å². The van der Waals surface area contributed by atoms with Crippen molar-refractivity contribution >= 4 is 0 Å². The second-order valence-corrected chi connectivity index (χ2v) is 8.11. The molecule has 3 atom stereocenters. The molecule has 1 aromatic heterocycles. The Morgan fingerprint density at radius 1 is 1.40 bits per heavy atom. The van der Waals surface area contributed by atoms with Gasteiger partial charge < -0.3 is 5.32 Å². The highest BCUT2D eigenvalue weighted by atomic mass is 15.4. The molecule has 112 valence electrons. The molecule has 0 amide bonds. The van der Waals surface area contributed by atoms with Crippen LogP contribution in [0.1, 0.15) is 52.1 Å². The number of aryl methyl sites for hydroxylation is 1. The first-order chi connectivity index (χ1) is 9.36. The average Bonchev–Trinajstić information content (AvgIpc) is 3.02. The van der Waals surface area contributed by atoms with Crippen molar-refractivity contribution in [2.45, 2.75) is 58.4 Å². The molecular weight excluding hydrogens is 248 g/mol. The maximum Gasteiger partial charge on any atom is 0.0833 e. The third kappa shape index (κ3) is 2.76. The van der Waals surface area contributed by atoms with Gasteiger partial charge >= 0.3 is 0 Å². The van der Waals surface area contributed by atoms with Gasteiger partial charge in [-0.25, -0.2) is 0 Å². The van der Waals surface area contributed by atoms with Crippen molar-refractivity contribution in [3.05, 3.63) is 11.9 Å². The van der Waals surface area contributed by atoms with Crippen LogP contribution in [0, 0.1) is 17.3 Å². The Morgan fingerprint density at radius 2 is 2.20 bits per heavy atom. The second-order valence-electron chi connectivity index (χ2n) is 8.11. The fraction of sp³-hybridized carbons (Fsp3) is 0.875. The highest BCUT2D eigenvalue weighted by molar-refractivity contribution is 5.08. The van der Waals surface area contributed by atoms with E-state index in [1.807, 2.05) is 11.7 Å². The standard InChI is InChI=1S/C16H28N4/c1-15(2,3)17-11-16(8-12-5-6-13(16)7-12)9-14-10-20(4)19-18-14/h10,12-13,17H,5-9,11H2,1-4H3. The van der Waals surface area contributed by atoms with Crippen molar-refractivity contribution in [3.8, 4) is 0 Å². The summed E-state index contributed by atoms with van der Waals surface area (Å²) in [4.78, 5) is 0. The Kier molecular flexibility index (Phi) is 3.39. The molecule has 1 aromatic rings. The van der Waals surface area contributed by atoms with E-state index >= 15 is 0 Å². The van der Waals surface area contributed by atoms with Gasteiger partial charge in [-0.15, -0.1) is 5.10 Å². The van der Waals surface area contributed by atoms with E-state index in [9.17, 15) is 0 Å². The number of rotatable bonds is 4. The number of hydrogen-bond acceptors (Lipinski definition) is 3. The smallest absolute Gasteiger partial charge is 0.0833 e. The highest BCUT2D eigenvalue weighted by Gasteiger charge is 2.51. The molecule has 0 saturated heterocycles. The summed E-state index contributed by atoms with van der Waals surface area (Å²) >= 11 is 0. The maximum absolute atomic E-state index is 4.34. The third-order valence-corrected chi connectivity index (χ3v) is 5.26. The predicted octanol–water partition coefficient (Wildman–Crippen LogP) is 2.55. The van der Waals surface area contributed by atoms with Crippen LogP contribution in [0.4, 0.5) is 0 Å². The Morgan fingerprint density at radius 3 is 2.70 bits per heavy atom. The molecule has 0 radical (unpaired) electrons. The van der Waals surface area contributed by atoms with Gasteiger partial charge in [-0.2, -0.15) is 0 Å². The summed E-state index contributed by atoms with van der Waals surface area (Å²) in [5.74, 6) is 1.84. The Hall–Kier alpha value is -0.900. The van der Waals surface area contributed by atoms with E-state index in [-0.39, 0.29) is 5.54 Å². The fourth-order valence-electron chi connectivity index (χ4n) is 4.33. The molecule has 0 aliphatic heterocycles. The van der Waals surface area contributed by atoms with Crippen molar-refractivity contribution in [1.82, 2.24) is 20.3 Å². The van der Waals surface area contributed by atoms with Crippen molar-refractivity contribution < 1.29 is 0 Å². The van der Waals surface area contributed by atoms with Crippen LogP contribution in [0.3, 0.4) is 0 Å². The van der Waals surface area contributed by atoms with Crippen LogP contribution in [-0.4, -0.2) is 27.1 Å². The van der Waals surface area contributed by atoms with E-state index < -0.39 is 0 Å². The quantitative estimate of drug-likeness (QED) is 0.919. The van der Waals surface area contributed by atoms with Gasteiger partial charge in [-0.1, -0.05) is 11.6 Å². The molecule has 2 fully saturated rings. The lowest BCUT2D eigenvalue weighted by atomic mass is 9.70. The average molecular weight is 276 g/mol. The lowest BCUT2D eigenvalue weighted by Crippen LogP contribution is -2.47. The molecular formula is C16H28N4. The first kappa shape index (κ1) is 14.1. The molecule has 3 rings (SSSR count). The molecule has 4 nitrogen and oxygen atoms in total.